The molecule has 0 bridgehead atoms. The van der Waals surface area contributed by atoms with Crippen molar-refractivity contribution in [3.05, 3.63) is 62.2 Å². The van der Waals surface area contributed by atoms with E-state index in [9.17, 15) is 18.0 Å². The normalized spacial score (nSPS) is 12.0. The van der Waals surface area contributed by atoms with E-state index in [2.05, 4.69) is 20.9 Å². The van der Waals surface area contributed by atoms with Gasteiger partial charge in [0.1, 0.15) is 5.69 Å². The standard InChI is InChI=1S/C13H8BrF3N2O/c14-9-4-1-8(2-5-9)3-6-10-7-11(13(15,16)17)19-12(20)18-10/h1-7H,(H,18,19,20). The van der Waals surface area contributed by atoms with Gasteiger partial charge in [-0.15, -0.1) is 0 Å². The van der Waals surface area contributed by atoms with E-state index in [1.807, 2.05) is 0 Å². The van der Waals surface area contributed by atoms with Gasteiger partial charge in [-0.1, -0.05) is 34.1 Å². The number of rotatable bonds is 2. The fourth-order valence-corrected chi connectivity index (χ4v) is 1.73. The maximum Gasteiger partial charge on any atom is 0.431 e. The second-order valence-electron chi connectivity index (χ2n) is 3.91. The minimum Gasteiger partial charge on any atom is -0.302 e. The number of aromatic nitrogens is 2. The van der Waals surface area contributed by atoms with Gasteiger partial charge in [-0.05, 0) is 29.8 Å². The van der Waals surface area contributed by atoms with E-state index in [-0.39, 0.29) is 5.69 Å². The van der Waals surface area contributed by atoms with Gasteiger partial charge in [0.05, 0.1) is 5.69 Å². The second-order valence-corrected chi connectivity index (χ2v) is 4.82. The summed E-state index contributed by atoms with van der Waals surface area (Å²) in [5.74, 6) is 0. The Morgan fingerprint density at radius 1 is 1.15 bits per heavy atom. The Morgan fingerprint density at radius 3 is 2.40 bits per heavy atom. The van der Waals surface area contributed by atoms with Crippen LogP contribution in [0.5, 0.6) is 0 Å². The van der Waals surface area contributed by atoms with Crippen molar-refractivity contribution in [3.8, 4) is 0 Å². The van der Waals surface area contributed by atoms with Crippen LogP contribution in [-0.4, -0.2) is 9.97 Å². The summed E-state index contributed by atoms with van der Waals surface area (Å²) in [7, 11) is 0. The van der Waals surface area contributed by atoms with Crippen LogP contribution < -0.4 is 5.69 Å². The van der Waals surface area contributed by atoms with Crippen LogP contribution >= 0.6 is 15.9 Å². The van der Waals surface area contributed by atoms with E-state index < -0.39 is 17.6 Å². The lowest BCUT2D eigenvalue weighted by Crippen LogP contribution is -2.19. The van der Waals surface area contributed by atoms with Gasteiger partial charge in [0.2, 0.25) is 0 Å². The zero-order valence-electron chi connectivity index (χ0n) is 9.91. The van der Waals surface area contributed by atoms with Crippen molar-refractivity contribution in [1.29, 1.82) is 0 Å². The molecule has 1 heterocycles. The summed E-state index contributed by atoms with van der Waals surface area (Å²) < 4.78 is 38.5. The Morgan fingerprint density at radius 2 is 1.80 bits per heavy atom. The molecular formula is C13H8BrF3N2O. The van der Waals surface area contributed by atoms with Gasteiger partial charge in [-0.25, -0.2) is 4.79 Å². The van der Waals surface area contributed by atoms with Gasteiger partial charge in [-0.2, -0.15) is 18.2 Å². The van der Waals surface area contributed by atoms with E-state index in [0.29, 0.717) is 0 Å². The molecule has 7 heteroatoms. The Kier molecular flexibility index (Phi) is 4.08. The molecule has 1 aromatic heterocycles. The van der Waals surface area contributed by atoms with Gasteiger partial charge in [0, 0.05) is 4.47 Å². The Labute approximate surface area is 120 Å². The zero-order valence-corrected chi connectivity index (χ0v) is 11.5. The molecule has 0 radical (unpaired) electrons. The molecule has 20 heavy (non-hydrogen) atoms. The summed E-state index contributed by atoms with van der Waals surface area (Å²) in [4.78, 5) is 16.2. The third kappa shape index (κ3) is 3.80. The van der Waals surface area contributed by atoms with Gasteiger partial charge >= 0.3 is 11.9 Å². The second kappa shape index (κ2) is 5.62. The number of alkyl halides is 3. The molecule has 1 N–H and O–H groups in total. The molecule has 0 saturated heterocycles. The summed E-state index contributed by atoms with van der Waals surface area (Å²) >= 11 is 3.28. The molecule has 0 unspecified atom stereocenters. The number of nitrogens with zero attached hydrogens (tertiary/aromatic N) is 1. The van der Waals surface area contributed by atoms with E-state index >= 15 is 0 Å². The van der Waals surface area contributed by atoms with Crippen molar-refractivity contribution >= 4 is 28.1 Å². The number of aromatic amines is 1. The first-order valence-electron chi connectivity index (χ1n) is 5.47. The molecule has 0 aliphatic rings. The average molecular weight is 345 g/mol. The topological polar surface area (TPSA) is 45.8 Å². The summed E-state index contributed by atoms with van der Waals surface area (Å²) in [6.07, 6.45) is -1.68. The smallest absolute Gasteiger partial charge is 0.302 e. The first-order valence-corrected chi connectivity index (χ1v) is 6.26. The van der Waals surface area contributed by atoms with Crippen LogP contribution in [0.3, 0.4) is 0 Å². The van der Waals surface area contributed by atoms with Crippen molar-refractivity contribution in [3.63, 3.8) is 0 Å². The molecule has 2 aromatic rings. The van der Waals surface area contributed by atoms with Crippen molar-refractivity contribution in [2.75, 3.05) is 0 Å². The van der Waals surface area contributed by atoms with Crippen LogP contribution in [-0.2, 0) is 6.18 Å². The number of H-pyrrole nitrogens is 1. The lowest BCUT2D eigenvalue weighted by atomic mass is 10.2. The third-order valence-electron chi connectivity index (χ3n) is 2.39. The first kappa shape index (κ1) is 14.5. The summed E-state index contributed by atoms with van der Waals surface area (Å²) in [5.41, 5.74) is -1.42. The molecule has 0 atom stereocenters. The molecule has 0 spiro atoms. The van der Waals surface area contributed by atoms with Crippen molar-refractivity contribution in [2.45, 2.75) is 6.18 Å². The minimum atomic E-state index is -4.61. The molecule has 0 saturated carbocycles. The molecule has 0 aliphatic carbocycles. The highest BCUT2D eigenvalue weighted by atomic mass is 79.9. The van der Waals surface area contributed by atoms with Crippen molar-refractivity contribution < 1.29 is 13.2 Å². The largest absolute Gasteiger partial charge is 0.431 e. The predicted molar refractivity (Wildman–Crippen MR) is 72.9 cm³/mol. The third-order valence-corrected chi connectivity index (χ3v) is 2.92. The summed E-state index contributed by atoms with van der Waals surface area (Å²) in [5, 5.41) is 0. The number of benzene rings is 1. The number of hydrogen-bond donors (Lipinski definition) is 1. The van der Waals surface area contributed by atoms with E-state index in [1.54, 1.807) is 35.3 Å². The molecule has 0 fully saturated rings. The monoisotopic (exact) mass is 344 g/mol. The van der Waals surface area contributed by atoms with Crippen LogP contribution in [0.15, 0.2) is 39.6 Å². The van der Waals surface area contributed by atoms with Crippen LogP contribution in [0.25, 0.3) is 12.2 Å². The highest BCUT2D eigenvalue weighted by Crippen LogP contribution is 2.27. The van der Waals surface area contributed by atoms with Gasteiger partial charge in [-0.3, -0.25) is 0 Å². The van der Waals surface area contributed by atoms with Gasteiger partial charge in [0.25, 0.3) is 0 Å². The van der Waals surface area contributed by atoms with Crippen LogP contribution in [0.1, 0.15) is 17.0 Å². The molecule has 3 nitrogen and oxygen atoms in total. The molecular weight excluding hydrogens is 337 g/mol. The van der Waals surface area contributed by atoms with Crippen LogP contribution in [0.2, 0.25) is 0 Å². The van der Waals surface area contributed by atoms with Crippen LogP contribution in [0, 0.1) is 0 Å². The molecule has 0 amide bonds. The maximum atomic E-state index is 12.5. The minimum absolute atomic E-state index is 0.0519. The number of hydrogen-bond acceptors (Lipinski definition) is 2. The molecule has 2 rings (SSSR count). The van der Waals surface area contributed by atoms with Crippen molar-refractivity contribution in [1.82, 2.24) is 9.97 Å². The van der Waals surface area contributed by atoms with Crippen LogP contribution in [0.4, 0.5) is 13.2 Å². The molecule has 1 aromatic carbocycles. The predicted octanol–water partition coefficient (Wildman–Crippen LogP) is 3.72. The molecule has 104 valence electrons. The Hall–Kier alpha value is -1.89. The zero-order chi connectivity index (χ0) is 14.8. The van der Waals surface area contributed by atoms with Gasteiger partial charge in [0.15, 0.2) is 0 Å². The fourth-order valence-electron chi connectivity index (χ4n) is 1.47. The number of nitrogens with one attached hydrogen (secondary N) is 1. The number of halogens is 4. The first-order chi connectivity index (χ1) is 9.34. The Bertz CT molecular complexity index is 690. The van der Waals surface area contributed by atoms with Gasteiger partial charge < -0.3 is 4.98 Å². The average Bonchev–Trinajstić information content (AvgIpc) is 2.36. The fraction of sp³-hybridized carbons (Fsp3) is 0.0769. The highest BCUT2D eigenvalue weighted by Gasteiger charge is 2.32. The van der Waals surface area contributed by atoms with E-state index in [4.69, 9.17) is 0 Å². The molecule has 0 aliphatic heterocycles. The van der Waals surface area contributed by atoms with Crippen molar-refractivity contribution in [2.24, 2.45) is 0 Å². The summed E-state index contributed by atoms with van der Waals surface area (Å²) in [6.45, 7) is 0. The summed E-state index contributed by atoms with van der Waals surface area (Å²) in [6, 6.07) is 7.94. The lowest BCUT2D eigenvalue weighted by molar-refractivity contribution is -0.141. The maximum absolute atomic E-state index is 12.5. The quantitative estimate of drug-likeness (QED) is 0.902. The Balaban J connectivity index is 2.32. The van der Waals surface area contributed by atoms with E-state index in [1.165, 1.54) is 6.08 Å². The van der Waals surface area contributed by atoms with E-state index in [0.717, 1.165) is 16.1 Å². The lowest BCUT2D eigenvalue weighted by Gasteiger charge is -2.05. The SMILES string of the molecule is O=c1nc(C=Cc2ccc(Br)cc2)cc(C(F)(F)F)[nH]1. The highest BCUT2D eigenvalue weighted by molar-refractivity contribution is 9.10.